The molecule has 0 N–H and O–H groups in total. The van der Waals surface area contributed by atoms with Crippen molar-refractivity contribution in [1.29, 1.82) is 0 Å². The molecule has 8 heteroatoms. The molecule has 0 aliphatic carbocycles. The van der Waals surface area contributed by atoms with Gasteiger partial charge in [0.2, 0.25) is 0 Å². The van der Waals surface area contributed by atoms with Gasteiger partial charge in [0.05, 0.1) is 20.3 Å². The van der Waals surface area contributed by atoms with Crippen LogP contribution in [-0.4, -0.2) is 61.3 Å². The van der Waals surface area contributed by atoms with Gasteiger partial charge in [-0.2, -0.15) is 0 Å². The minimum atomic E-state index is -1.03. The molecule has 0 spiro atoms. The zero-order valence-electron chi connectivity index (χ0n) is 18.7. The minimum absolute atomic E-state index is 0.0993. The zero-order valence-corrected chi connectivity index (χ0v) is 18.7. The number of unbranched alkanes of at least 4 members (excludes halogenated alkanes) is 1. The van der Waals surface area contributed by atoms with Gasteiger partial charge in [-0.05, 0) is 24.0 Å². The number of hydrogen-bond acceptors (Lipinski definition) is 6. The Bertz CT molecular complexity index is 780. The second-order valence-electron chi connectivity index (χ2n) is 7.39. The average Bonchev–Trinajstić information content (AvgIpc) is 3.01. The lowest BCUT2D eigenvalue weighted by atomic mass is 10.0. The SMILES string of the molecule is CCCCC(CC)COC(=O)C(CN1C(=O)N(OC)C(=O)C1=Cc1ccccc1)OC. The third kappa shape index (κ3) is 6.38. The van der Waals surface area contributed by atoms with Crippen LogP contribution < -0.4 is 0 Å². The summed E-state index contributed by atoms with van der Waals surface area (Å²) in [7, 11) is 2.61. The number of hydrogen-bond donors (Lipinski definition) is 0. The summed E-state index contributed by atoms with van der Waals surface area (Å²) in [6, 6.07) is 8.43. The van der Waals surface area contributed by atoms with Crippen LogP contribution in [0.1, 0.15) is 45.1 Å². The molecule has 0 bridgehead atoms. The number of rotatable bonds is 12. The van der Waals surface area contributed by atoms with E-state index in [1.807, 2.05) is 30.3 Å². The molecule has 170 valence electrons. The molecule has 3 amide bonds. The zero-order chi connectivity index (χ0) is 22.8. The third-order valence-electron chi connectivity index (χ3n) is 5.28. The number of hydroxylamine groups is 2. The van der Waals surface area contributed by atoms with E-state index in [-0.39, 0.29) is 18.2 Å². The van der Waals surface area contributed by atoms with Gasteiger partial charge in [-0.15, -0.1) is 5.06 Å². The standard InChI is InChI=1S/C23H32N2O6/c1-5-7-11-17(6-2)16-31-22(27)20(29-3)15-24-19(14-18-12-9-8-10-13-18)21(26)25(30-4)23(24)28/h8-10,12-14,17,20H,5-7,11,15-16H2,1-4H3. The van der Waals surface area contributed by atoms with Gasteiger partial charge in [0.15, 0.2) is 6.10 Å². The van der Waals surface area contributed by atoms with Crippen molar-refractivity contribution in [3.05, 3.63) is 41.6 Å². The van der Waals surface area contributed by atoms with Crippen molar-refractivity contribution in [2.45, 2.75) is 45.6 Å². The van der Waals surface area contributed by atoms with Crippen LogP contribution in [0, 0.1) is 5.92 Å². The fraction of sp³-hybridized carbons (Fsp3) is 0.522. The van der Waals surface area contributed by atoms with Crippen LogP contribution in [0.3, 0.4) is 0 Å². The Morgan fingerprint density at radius 2 is 1.84 bits per heavy atom. The topological polar surface area (TPSA) is 85.4 Å². The molecule has 1 heterocycles. The Balaban J connectivity index is 2.15. The summed E-state index contributed by atoms with van der Waals surface area (Å²) in [5.74, 6) is -0.883. The van der Waals surface area contributed by atoms with E-state index >= 15 is 0 Å². The van der Waals surface area contributed by atoms with Gasteiger partial charge in [-0.1, -0.05) is 63.4 Å². The Hall–Kier alpha value is -2.71. The van der Waals surface area contributed by atoms with E-state index in [9.17, 15) is 14.4 Å². The Morgan fingerprint density at radius 3 is 2.42 bits per heavy atom. The maximum atomic E-state index is 12.7. The maximum absolute atomic E-state index is 12.7. The molecule has 1 aromatic carbocycles. The van der Waals surface area contributed by atoms with Gasteiger partial charge in [0.25, 0.3) is 0 Å². The number of imide groups is 1. The number of esters is 1. The molecule has 1 aliphatic rings. The number of carbonyl (C=O) groups is 3. The van der Waals surface area contributed by atoms with Crippen LogP contribution in [-0.2, 0) is 23.9 Å². The van der Waals surface area contributed by atoms with Gasteiger partial charge in [-0.25, -0.2) is 9.59 Å². The molecule has 2 unspecified atom stereocenters. The van der Waals surface area contributed by atoms with Gasteiger partial charge in [0, 0.05) is 7.11 Å². The maximum Gasteiger partial charge on any atom is 0.356 e. The smallest absolute Gasteiger partial charge is 0.356 e. The molecular weight excluding hydrogens is 400 g/mol. The number of nitrogens with zero attached hydrogens (tertiary/aromatic N) is 2. The summed E-state index contributed by atoms with van der Waals surface area (Å²) in [4.78, 5) is 44.1. The quantitative estimate of drug-likeness (QED) is 0.285. The van der Waals surface area contributed by atoms with Crippen molar-refractivity contribution >= 4 is 24.0 Å². The first-order chi connectivity index (χ1) is 15.0. The lowest BCUT2D eigenvalue weighted by Gasteiger charge is -2.22. The molecule has 2 rings (SSSR count). The van der Waals surface area contributed by atoms with E-state index in [0.717, 1.165) is 31.2 Å². The number of ether oxygens (including phenoxy) is 2. The van der Waals surface area contributed by atoms with Crippen molar-refractivity contribution in [3.8, 4) is 0 Å². The second kappa shape index (κ2) is 12.2. The van der Waals surface area contributed by atoms with Gasteiger partial charge >= 0.3 is 17.9 Å². The Morgan fingerprint density at radius 1 is 1.13 bits per heavy atom. The van der Waals surface area contributed by atoms with E-state index in [0.29, 0.717) is 11.7 Å². The summed E-state index contributed by atoms with van der Waals surface area (Å²) >= 11 is 0. The third-order valence-corrected chi connectivity index (χ3v) is 5.28. The monoisotopic (exact) mass is 432 g/mol. The molecular formula is C23H32N2O6. The van der Waals surface area contributed by atoms with E-state index in [1.54, 1.807) is 6.08 Å². The molecule has 0 aromatic heterocycles. The molecule has 0 saturated carbocycles. The second-order valence-corrected chi connectivity index (χ2v) is 7.39. The number of methoxy groups -OCH3 is 1. The number of urea groups is 1. The highest BCUT2D eigenvalue weighted by atomic mass is 16.7. The van der Waals surface area contributed by atoms with Gasteiger partial charge in [-0.3, -0.25) is 14.5 Å². The van der Waals surface area contributed by atoms with Gasteiger partial charge < -0.3 is 9.47 Å². The summed E-state index contributed by atoms with van der Waals surface area (Å²) in [6.45, 7) is 4.33. The predicted molar refractivity (Wildman–Crippen MR) is 115 cm³/mol. The van der Waals surface area contributed by atoms with Crippen molar-refractivity contribution in [1.82, 2.24) is 9.96 Å². The van der Waals surface area contributed by atoms with E-state index < -0.39 is 24.0 Å². The minimum Gasteiger partial charge on any atom is -0.463 e. The summed E-state index contributed by atoms with van der Waals surface area (Å²) in [5, 5.41) is 0.657. The Kier molecular flexibility index (Phi) is 9.68. The fourth-order valence-corrected chi connectivity index (χ4v) is 3.31. The lowest BCUT2D eigenvalue weighted by Crippen LogP contribution is -2.41. The predicted octanol–water partition coefficient (Wildman–Crippen LogP) is 3.63. The van der Waals surface area contributed by atoms with Crippen LogP contribution in [0.5, 0.6) is 0 Å². The summed E-state index contributed by atoms with van der Waals surface area (Å²) in [6.07, 6.45) is 4.61. The van der Waals surface area contributed by atoms with Crippen molar-refractivity contribution < 1.29 is 28.7 Å². The van der Waals surface area contributed by atoms with E-state index in [4.69, 9.17) is 14.3 Å². The van der Waals surface area contributed by atoms with E-state index in [1.165, 1.54) is 19.1 Å². The molecule has 31 heavy (non-hydrogen) atoms. The van der Waals surface area contributed by atoms with Crippen LogP contribution in [0.15, 0.2) is 36.0 Å². The number of carbonyl (C=O) groups excluding carboxylic acids is 3. The van der Waals surface area contributed by atoms with E-state index in [2.05, 4.69) is 13.8 Å². The molecule has 0 radical (unpaired) electrons. The van der Waals surface area contributed by atoms with Crippen LogP contribution >= 0.6 is 0 Å². The van der Waals surface area contributed by atoms with Crippen molar-refractivity contribution in [2.75, 3.05) is 27.4 Å². The first-order valence-electron chi connectivity index (χ1n) is 10.6. The molecule has 1 aliphatic heterocycles. The van der Waals surface area contributed by atoms with Crippen LogP contribution in [0.2, 0.25) is 0 Å². The van der Waals surface area contributed by atoms with Crippen molar-refractivity contribution in [2.24, 2.45) is 5.92 Å². The average molecular weight is 433 g/mol. The highest BCUT2D eigenvalue weighted by Gasteiger charge is 2.43. The molecule has 1 saturated heterocycles. The first-order valence-corrected chi connectivity index (χ1v) is 10.6. The van der Waals surface area contributed by atoms with Crippen LogP contribution in [0.25, 0.3) is 6.08 Å². The molecule has 1 fully saturated rings. The largest absolute Gasteiger partial charge is 0.463 e. The summed E-state index contributed by atoms with van der Waals surface area (Å²) in [5.41, 5.74) is 0.835. The highest BCUT2D eigenvalue weighted by Crippen LogP contribution is 2.24. The van der Waals surface area contributed by atoms with Crippen LogP contribution in [0.4, 0.5) is 4.79 Å². The molecule has 1 aromatic rings. The molecule has 2 atom stereocenters. The number of benzene rings is 1. The molecule has 8 nitrogen and oxygen atoms in total. The first kappa shape index (κ1) is 24.6. The Labute approximate surface area is 183 Å². The fourth-order valence-electron chi connectivity index (χ4n) is 3.31. The summed E-state index contributed by atoms with van der Waals surface area (Å²) < 4.78 is 10.8. The normalized spacial score (nSPS) is 17.4. The lowest BCUT2D eigenvalue weighted by molar-refractivity contribution is -0.157. The van der Waals surface area contributed by atoms with Crippen molar-refractivity contribution in [3.63, 3.8) is 0 Å². The van der Waals surface area contributed by atoms with Gasteiger partial charge in [0.1, 0.15) is 5.70 Å². The highest BCUT2D eigenvalue weighted by molar-refractivity contribution is 6.13. The number of amides is 3.